The summed E-state index contributed by atoms with van der Waals surface area (Å²) in [5, 5.41) is -0.0578. The molecule has 1 aliphatic rings. The Labute approximate surface area is 128 Å². The third-order valence-corrected chi connectivity index (χ3v) is 3.84. The lowest BCUT2D eigenvalue weighted by atomic mass is 10.1. The lowest BCUT2D eigenvalue weighted by Crippen LogP contribution is -2.50. The second kappa shape index (κ2) is 6.89. The fourth-order valence-corrected chi connectivity index (χ4v) is 2.52. The smallest absolute Gasteiger partial charge is 0.254 e. The minimum Gasteiger partial charge on any atom is -0.339 e. The zero-order valence-electron chi connectivity index (χ0n) is 11.9. The second-order valence-electron chi connectivity index (χ2n) is 5.05. The molecule has 1 heterocycles. The summed E-state index contributed by atoms with van der Waals surface area (Å²) >= 11 is 5.70. The molecule has 4 nitrogen and oxygen atoms in total. The van der Waals surface area contributed by atoms with Gasteiger partial charge < -0.3 is 9.80 Å². The van der Waals surface area contributed by atoms with E-state index in [0.29, 0.717) is 38.2 Å². The van der Waals surface area contributed by atoms with E-state index in [1.165, 1.54) is 18.2 Å². The standard InChI is InChI=1S/C15H18ClFN2O2/c1-2-3-14(20)18-6-8-19(9-7-18)15(21)11-4-5-13(17)12(16)10-11/h4-5,10H,2-3,6-9H2,1H3. The first-order valence-electron chi connectivity index (χ1n) is 7.05. The van der Waals surface area contributed by atoms with Crippen LogP contribution in [0.3, 0.4) is 0 Å². The van der Waals surface area contributed by atoms with Crippen LogP contribution >= 0.6 is 11.6 Å². The molecular formula is C15H18ClFN2O2. The van der Waals surface area contributed by atoms with Crippen molar-refractivity contribution in [2.75, 3.05) is 26.2 Å². The largest absolute Gasteiger partial charge is 0.339 e. The summed E-state index contributed by atoms with van der Waals surface area (Å²) in [4.78, 5) is 27.5. The molecule has 0 N–H and O–H groups in total. The first-order chi connectivity index (χ1) is 10.0. The van der Waals surface area contributed by atoms with Crippen LogP contribution in [-0.2, 0) is 4.79 Å². The van der Waals surface area contributed by atoms with Gasteiger partial charge in [0.15, 0.2) is 0 Å². The zero-order valence-corrected chi connectivity index (χ0v) is 12.7. The molecule has 0 aromatic heterocycles. The Balaban J connectivity index is 1.97. The maximum atomic E-state index is 13.1. The van der Waals surface area contributed by atoms with Crippen LogP contribution in [0.1, 0.15) is 30.1 Å². The van der Waals surface area contributed by atoms with Gasteiger partial charge in [-0.3, -0.25) is 9.59 Å². The van der Waals surface area contributed by atoms with Gasteiger partial charge in [0, 0.05) is 38.2 Å². The molecule has 1 fully saturated rings. The van der Waals surface area contributed by atoms with Crippen LogP contribution < -0.4 is 0 Å². The van der Waals surface area contributed by atoms with Gasteiger partial charge in [-0.05, 0) is 24.6 Å². The third kappa shape index (κ3) is 3.73. The number of hydrogen-bond donors (Lipinski definition) is 0. The number of hydrogen-bond acceptors (Lipinski definition) is 2. The van der Waals surface area contributed by atoms with Crippen molar-refractivity contribution in [1.29, 1.82) is 0 Å². The number of amides is 2. The maximum Gasteiger partial charge on any atom is 0.254 e. The summed E-state index contributed by atoms with van der Waals surface area (Å²) in [7, 11) is 0. The van der Waals surface area contributed by atoms with Crippen molar-refractivity contribution < 1.29 is 14.0 Å². The number of benzene rings is 1. The fraction of sp³-hybridized carbons (Fsp3) is 0.467. The van der Waals surface area contributed by atoms with Gasteiger partial charge in [0.05, 0.1) is 5.02 Å². The molecule has 114 valence electrons. The van der Waals surface area contributed by atoms with Crippen molar-refractivity contribution in [2.24, 2.45) is 0 Å². The monoisotopic (exact) mass is 312 g/mol. The number of nitrogens with zero attached hydrogens (tertiary/aromatic N) is 2. The van der Waals surface area contributed by atoms with Crippen LogP contribution in [-0.4, -0.2) is 47.8 Å². The summed E-state index contributed by atoms with van der Waals surface area (Å²) in [6.07, 6.45) is 1.37. The first-order valence-corrected chi connectivity index (χ1v) is 7.42. The molecule has 2 rings (SSSR count). The molecule has 21 heavy (non-hydrogen) atoms. The van der Waals surface area contributed by atoms with Gasteiger partial charge in [0.2, 0.25) is 5.91 Å². The predicted molar refractivity (Wildman–Crippen MR) is 78.8 cm³/mol. The van der Waals surface area contributed by atoms with Crippen molar-refractivity contribution in [3.63, 3.8) is 0 Å². The fourth-order valence-electron chi connectivity index (χ4n) is 2.34. The summed E-state index contributed by atoms with van der Waals surface area (Å²) in [5.74, 6) is -0.586. The summed E-state index contributed by atoms with van der Waals surface area (Å²) < 4.78 is 13.1. The van der Waals surface area contributed by atoms with Crippen molar-refractivity contribution >= 4 is 23.4 Å². The zero-order chi connectivity index (χ0) is 15.4. The Hall–Kier alpha value is -1.62. The van der Waals surface area contributed by atoms with Crippen LogP contribution in [0.2, 0.25) is 5.02 Å². The molecule has 0 aliphatic carbocycles. The molecule has 1 aliphatic heterocycles. The number of carbonyl (C=O) groups is 2. The lowest BCUT2D eigenvalue weighted by molar-refractivity contribution is -0.132. The van der Waals surface area contributed by atoms with Crippen LogP contribution in [0.25, 0.3) is 0 Å². The van der Waals surface area contributed by atoms with Crippen LogP contribution in [0, 0.1) is 5.82 Å². The molecule has 0 radical (unpaired) electrons. The highest BCUT2D eigenvalue weighted by molar-refractivity contribution is 6.31. The van der Waals surface area contributed by atoms with Gasteiger partial charge in [-0.2, -0.15) is 0 Å². The Morgan fingerprint density at radius 3 is 2.38 bits per heavy atom. The minimum atomic E-state index is -0.539. The highest BCUT2D eigenvalue weighted by Crippen LogP contribution is 2.18. The van der Waals surface area contributed by atoms with Crippen molar-refractivity contribution in [1.82, 2.24) is 9.80 Å². The van der Waals surface area contributed by atoms with Gasteiger partial charge >= 0.3 is 0 Å². The van der Waals surface area contributed by atoms with Gasteiger partial charge in [0.25, 0.3) is 5.91 Å². The van der Waals surface area contributed by atoms with Crippen molar-refractivity contribution in [3.05, 3.63) is 34.6 Å². The lowest BCUT2D eigenvalue weighted by Gasteiger charge is -2.34. The van der Waals surface area contributed by atoms with E-state index in [1.54, 1.807) is 9.80 Å². The van der Waals surface area contributed by atoms with E-state index < -0.39 is 5.82 Å². The Morgan fingerprint density at radius 1 is 1.19 bits per heavy atom. The van der Waals surface area contributed by atoms with Crippen molar-refractivity contribution in [2.45, 2.75) is 19.8 Å². The predicted octanol–water partition coefficient (Wildman–Crippen LogP) is 2.56. The van der Waals surface area contributed by atoms with E-state index in [9.17, 15) is 14.0 Å². The molecule has 1 saturated heterocycles. The third-order valence-electron chi connectivity index (χ3n) is 3.55. The van der Waals surface area contributed by atoms with E-state index in [-0.39, 0.29) is 16.8 Å². The van der Waals surface area contributed by atoms with Crippen LogP contribution in [0.4, 0.5) is 4.39 Å². The average molecular weight is 313 g/mol. The molecule has 0 unspecified atom stereocenters. The average Bonchev–Trinajstić information content (AvgIpc) is 2.50. The number of piperazine rings is 1. The number of carbonyl (C=O) groups excluding carboxylic acids is 2. The summed E-state index contributed by atoms with van der Waals surface area (Å²) in [6, 6.07) is 3.96. The molecule has 2 amide bonds. The van der Waals surface area contributed by atoms with E-state index in [1.807, 2.05) is 6.92 Å². The Morgan fingerprint density at radius 2 is 1.81 bits per heavy atom. The van der Waals surface area contributed by atoms with Gasteiger partial charge in [-0.25, -0.2) is 4.39 Å². The normalized spacial score (nSPS) is 15.2. The maximum absolute atomic E-state index is 13.1. The number of halogens is 2. The highest BCUT2D eigenvalue weighted by atomic mass is 35.5. The summed E-state index contributed by atoms with van der Waals surface area (Å²) in [6.45, 7) is 4.03. The quantitative estimate of drug-likeness (QED) is 0.860. The van der Waals surface area contributed by atoms with E-state index in [4.69, 9.17) is 11.6 Å². The molecule has 1 aromatic carbocycles. The summed E-state index contributed by atoms with van der Waals surface area (Å²) in [5.41, 5.74) is 0.370. The van der Waals surface area contributed by atoms with Crippen LogP contribution in [0.15, 0.2) is 18.2 Å². The number of rotatable bonds is 3. The molecule has 0 atom stereocenters. The van der Waals surface area contributed by atoms with Crippen molar-refractivity contribution in [3.8, 4) is 0 Å². The topological polar surface area (TPSA) is 40.6 Å². The first kappa shape index (κ1) is 15.8. The molecular weight excluding hydrogens is 295 g/mol. The van der Waals surface area contributed by atoms with Crippen LogP contribution in [0.5, 0.6) is 0 Å². The van der Waals surface area contributed by atoms with Gasteiger partial charge in [0.1, 0.15) is 5.82 Å². The van der Waals surface area contributed by atoms with Gasteiger partial charge in [-0.15, -0.1) is 0 Å². The molecule has 0 bridgehead atoms. The van der Waals surface area contributed by atoms with E-state index in [2.05, 4.69) is 0 Å². The SMILES string of the molecule is CCCC(=O)N1CCN(C(=O)c2ccc(F)c(Cl)c2)CC1. The second-order valence-corrected chi connectivity index (χ2v) is 5.46. The Kier molecular flexibility index (Phi) is 5.17. The molecule has 6 heteroatoms. The highest BCUT2D eigenvalue weighted by Gasteiger charge is 2.24. The molecule has 1 aromatic rings. The molecule has 0 spiro atoms. The molecule has 0 saturated carbocycles. The van der Waals surface area contributed by atoms with E-state index >= 15 is 0 Å². The minimum absolute atomic E-state index is 0.0578. The van der Waals surface area contributed by atoms with E-state index in [0.717, 1.165) is 6.42 Å². The Bertz CT molecular complexity index is 542. The van der Waals surface area contributed by atoms with Gasteiger partial charge in [-0.1, -0.05) is 18.5 Å².